The van der Waals surface area contributed by atoms with Crippen molar-refractivity contribution in [3.63, 3.8) is 0 Å². The number of aromatic nitrogens is 1. The van der Waals surface area contributed by atoms with Crippen molar-refractivity contribution in [3.05, 3.63) is 32.2 Å². The maximum Gasteiger partial charge on any atom is 0.240 e. The van der Waals surface area contributed by atoms with Gasteiger partial charge in [-0.1, -0.05) is 0 Å². The van der Waals surface area contributed by atoms with Gasteiger partial charge in [-0.2, -0.15) is 0 Å². The lowest BCUT2D eigenvalue weighted by Crippen LogP contribution is -2.14. The monoisotopic (exact) mass is 478 g/mol. The fourth-order valence-electron chi connectivity index (χ4n) is 3.47. The minimum absolute atomic E-state index is 0.100. The third kappa shape index (κ3) is 2.17. The molecule has 2 aliphatic rings. The predicted octanol–water partition coefficient (Wildman–Crippen LogP) is 2.97. The first-order valence-corrected chi connectivity index (χ1v) is 10.2. The number of nitrogens with two attached hydrogens (primary N) is 1. The van der Waals surface area contributed by atoms with Crippen LogP contribution >= 0.6 is 31.9 Å². The fraction of sp³-hybridized carbons (Fsp3) is 0.286. The summed E-state index contributed by atoms with van der Waals surface area (Å²) in [4.78, 5) is -0.103. The lowest BCUT2D eigenvalue weighted by Gasteiger charge is -2.13. The Kier molecular flexibility index (Phi) is 3.56. The molecule has 1 aromatic carbocycles. The van der Waals surface area contributed by atoms with Crippen molar-refractivity contribution < 1.29 is 23.4 Å². The van der Waals surface area contributed by atoms with Crippen LogP contribution in [-0.2, 0) is 14.8 Å². The normalized spacial score (nSPS) is 22.1. The van der Waals surface area contributed by atoms with E-state index in [0.29, 0.717) is 16.8 Å². The molecule has 1 fully saturated rings. The summed E-state index contributed by atoms with van der Waals surface area (Å²) < 4.78 is 30.7. The molecule has 2 bridgehead atoms. The van der Waals surface area contributed by atoms with Gasteiger partial charge in [-0.15, -0.1) is 0 Å². The van der Waals surface area contributed by atoms with Crippen LogP contribution in [0.1, 0.15) is 36.2 Å². The standard InChI is InChI=1S/C14H12Br2N2O5S/c15-6-3-5(4-7(16)12(6)24(17,21)22)18-13(19)10-8-1-2-9(23-8)11(10)14(18)20/h3-4,8-9,19-20H,1-2H2,(H2,17,21,22)/t8-,9+. The molecule has 2 aliphatic heterocycles. The van der Waals surface area contributed by atoms with Crippen LogP contribution in [0.4, 0.5) is 0 Å². The summed E-state index contributed by atoms with van der Waals surface area (Å²) in [6, 6.07) is 2.95. The predicted molar refractivity (Wildman–Crippen MR) is 91.7 cm³/mol. The van der Waals surface area contributed by atoms with Crippen molar-refractivity contribution in [2.75, 3.05) is 0 Å². The zero-order valence-corrected chi connectivity index (χ0v) is 16.0. The minimum Gasteiger partial charge on any atom is -0.494 e. The maximum absolute atomic E-state index is 11.7. The molecule has 0 saturated carbocycles. The zero-order valence-electron chi connectivity index (χ0n) is 12.0. The van der Waals surface area contributed by atoms with Crippen molar-refractivity contribution in [2.24, 2.45) is 5.14 Å². The van der Waals surface area contributed by atoms with Crippen molar-refractivity contribution in [3.8, 4) is 17.4 Å². The highest BCUT2D eigenvalue weighted by Gasteiger charge is 2.45. The van der Waals surface area contributed by atoms with Gasteiger partial charge in [0.15, 0.2) is 0 Å². The number of fused-ring (bicyclic) bond motifs is 5. The lowest BCUT2D eigenvalue weighted by atomic mass is 9.95. The van der Waals surface area contributed by atoms with Crippen molar-refractivity contribution in [2.45, 2.75) is 29.9 Å². The van der Waals surface area contributed by atoms with Gasteiger partial charge >= 0.3 is 0 Å². The van der Waals surface area contributed by atoms with Gasteiger partial charge in [-0.05, 0) is 56.8 Å². The van der Waals surface area contributed by atoms with E-state index in [2.05, 4.69) is 31.9 Å². The second kappa shape index (κ2) is 5.21. The molecule has 24 heavy (non-hydrogen) atoms. The van der Waals surface area contributed by atoms with Crippen molar-refractivity contribution in [1.29, 1.82) is 0 Å². The number of nitrogens with zero attached hydrogens (tertiary/aromatic N) is 1. The Labute approximate surface area is 154 Å². The number of halogens is 2. The summed E-state index contributed by atoms with van der Waals surface area (Å²) in [5, 5.41) is 26.3. The molecule has 0 spiro atoms. The van der Waals surface area contributed by atoms with Gasteiger partial charge < -0.3 is 14.9 Å². The number of ether oxygens (including phenoxy) is 1. The van der Waals surface area contributed by atoms with Crippen LogP contribution in [0, 0.1) is 0 Å². The molecule has 2 atom stereocenters. The number of aromatic hydroxyl groups is 2. The first-order chi connectivity index (χ1) is 11.2. The van der Waals surface area contributed by atoms with Crippen LogP contribution in [0.25, 0.3) is 5.69 Å². The smallest absolute Gasteiger partial charge is 0.240 e. The van der Waals surface area contributed by atoms with Crippen molar-refractivity contribution >= 4 is 41.9 Å². The minimum atomic E-state index is -3.94. The Morgan fingerprint density at radius 1 is 1.08 bits per heavy atom. The Morgan fingerprint density at radius 3 is 1.96 bits per heavy atom. The zero-order chi connectivity index (χ0) is 17.4. The summed E-state index contributed by atoms with van der Waals surface area (Å²) in [6.07, 6.45) is 1.17. The maximum atomic E-state index is 11.7. The van der Waals surface area contributed by atoms with E-state index in [1.54, 1.807) is 0 Å². The molecule has 1 saturated heterocycles. The van der Waals surface area contributed by atoms with Crippen LogP contribution in [0.15, 0.2) is 26.0 Å². The van der Waals surface area contributed by atoms with Crippen LogP contribution in [0.5, 0.6) is 11.8 Å². The van der Waals surface area contributed by atoms with Crippen molar-refractivity contribution in [1.82, 2.24) is 4.57 Å². The molecule has 0 aliphatic carbocycles. The molecule has 10 heteroatoms. The summed E-state index contributed by atoms with van der Waals surface area (Å²) >= 11 is 6.36. The largest absolute Gasteiger partial charge is 0.494 e. The lowest BCUT2D eigenvalue weighted by molar-refractivity contribution is 0.0683. The van der Waals surface area contributed by atoms with E-state index in [1.165, 1.54) is 16.7 Å². The second-order valence-electron chi connectivity index (χ2n) is 5.78. The van der Waals surface area contributed by atoms with Crippen LogP contribution in [0.2, 0.25) is 0 Å². The van der Waals surface area contributed by atoms with Gasteiger partial charge in [-0.3, -0.25) is 4.57 Å². The first kappa shape index (κ1) is 16.4. The highest BCUT2D eigenvalue weighted by atomic mass is 79.9. The summed E-state index contributed by atoms with van der Waals surface area (Å²) in [7, 11) is -3.94. The molecule has 2 aromatic rings. The van der Waals surface area contributed by atoms with E-state index in [-0.39, 0.29) is 37.8 Å². The number of sulfonamides is 1. The van der Waals surface area contributed by atoms with E-state index in [0.717, 1.165) is 12.8 Å². The van der Waals surface area contributed by atoms with Crippen LogP contribution in [0.3, 0.4) is 0 Å². The first-order valence-electron chi connectivity index (χ1n) is 7.04. The van der Waals surface area contributed by atoms with Gasteiger partial charge in [0.2, 0.25) is 21.8 Å². The molecular formula is C14H12Br2N2O5S. The van der Waals surface area contributed by atoms with E-state index in [1.807, 2.05) is 0 Å². The molecule has 3 heterocycles. The summed E-state index contributed by atoms with van der Waals surface area (Å²) in [5.74, 6) is -0.200. The number of rotatable bonds is 2. The SMILES string of the molecule is NS(=O)(=O)c1c(Br)cc(-n2c(O)c3c(c2O)[C@H]2CC[C@@H]3O2)cc1Br. The fourth-order valence-corrected chi connectivity index (χ4v) is 6.65. The molecule has 4 rings (SSSR count). The summed E-state index contributed by atoms with van der Waals surface area (Å²) in [6.45, 7) is 0. The van der Waals surface area contributed by atoms with Crippen LogP contribution < -0.4 is 5.14 Å². The molecular weight excluding hydrogens is 468 g/mol. The number of hydrogen-bond acceptors (Lipinski definition) is 5. The topological polar surface area (TPSA) is 115 Å². The average molecular weight is 480 g/mol. The van der Waals surface area contributed by atoms with Gasteiger partial charge in [0.1, 0.15) is 4.90 Å². The third-order valence-electron chi connectivity index (χ3n) is 4.38. The highest BCUT2D eigenvalue weighted by Crippen LogP contribution is 2.58. The number of hydrogen-bond donors (Lipinski definition) is 3. The average Bonchev–Trinajstić information content (AvgIpc) is 3.10. The Balaban J connectivity index is 1.94. The highest BCUT2D eigenvalue weighted by molar-refractivity contribution is 9.11. The van der Waals surface area contributed by atoms with Gasteiger partial charge in [0.25, 0.3) is 0 Å². The number of primary sulfonamides is 1. The number of benzene rings is 1. The Bertz CT molecular complexity index is 929. The van der Waals surface area contributed by atoms with Crippen LogP contribution in [-0.4, -0.2) is 23.2 Å². The van der Waals surface area contributed by atoms with Gasteiger partial charge in [0, 0.05) is 8.95 Å². The molecule has 0 radical (unpaired) electrons. The summed E-state index contributed by atoms with van der Waals surface area (Å²) in [5.41, 5.74) is 1.60. The third-order valence-corrected chi connectivity index (χ3v) is 7.17. The Morgan fingerprint density at radius 2 is 1.54 bits per heavy atom. The molecule has 128 valence electrons. The van der Waals surface area contributed by atoms with E-state index in [4.69, 9.17) is 9.88 Å². The molecule has 7 nitrogen and oxygen atoms in total. The Hall–Kier alpha value is -1.07. The van der Waals surface area contributed by atoms with E-state index < -0.39 is 10.0 Å². The molecule has 0 amide bonds. The molecule has 0 unspecified atom stereocenters. The van der Waals surface area contributed by atoms with E-state index >= 15 is 0 Å². The van der Waals surface area contributed by atoms with E-state index in [9.17, 15) is 18.6 Å². The quantitative estimate of drug-likeness (QED) is 0.612. The van der Waals surface area contributed by atoms with Gasteiger partial charge in [0.05, 0.1) is 29.0 Å². The second-order valence-corrected chi connectivity index (χ2v) is 8.99. The molecule has 1 aromatic heterocycles. The van der Waals surface area contributed by atoms with Gasteiger partial charge in [-0.25, -0.2) is 13.6 Å². The molecule has 4 N–H and O–H groups in total.